The molecule has 1 heterocycles. The quantitative estimate of drug-likeness (QED) is 0.719. The van der Waals surface area contributed by atoms with Gasteiger partial charge in [0.25, 0.3) is 0 Å². The van der Waals surface area contributed by atoms with Crippen molar-refractivity contribution >= 4 is 23.1 Å². The van der Waals surface area contributed by atoms with E-state index in [2.05, 4.69) is 15.6 Å². The van der Waals surface area contributed by atoms with Crippen molar-refractivity contribution in [1.29, 1.82) is 0 Å². The molecule has 27 heavy (non-hydrogen) atoms. The second-order valence-electron chi connectivity index (χ2n) is 6.48. The molecule has 0 atom stereocenters. The van der Waals surface area contributed by atoms with Crippen LogP contribution in [0.3, 0.4) is 0 Å². The summed E-state index contributed by atoms with van der Waals surface area (Å²) < 4.78 is 37.8. The third-order valence-corrected chi connectivity index (χ3v) is 4.10. The van der Waals surface area contributed by atoms with Crippen LogP contribution in [0.15, 0.2) is 36.4 Å². The van der Waals surface area contributed by atoms with E-state index in [-0.39, 0.29) is 0 Å². The maximum Gasteiger partial charge on any atom is 0.416 e. The van der Waals surface area contributed by atoms with Crippen LogP contribution in [0.1, 0.15) is 22.4 Å². The number of pyridine rings is 1. The van der Waals surface area contributed by atoms with Crippen molar-refractivity contribution in [3.8, 4) is 0 Å². The van der Waals surface area contributed by atoms with Crippen molar-refractivity contribution in [3.63, 3.8) is 0 Å². The maximum absolute atomic E-state index is 12.6. The summed E-state index contributed by atoms with van der Waals surface area (Å²) in [5.41, 5.74) is 2.21. The average Bonchev–Trinajstić information content (AvgIpc) is 2.53. The first-order chi connectivity index (χ1) is 12.6. The Labute approximate surface area is 162 Å². The summed E-state index contributed by atoms with van der Waals surface area (Å²) in [6, 6.07) is 9.12. The lowest BCUT2D eigenvalue weighted by Gasteiger charge is -2.18. The fraction of sp³-hybridized carbons (Fsp3) is 0.368. The highest BCUT2D eigenvalue weighted by atomic mass is 32.1. The molecule has 2 N–H and O–H groups in total. The standard InChI is InChI=1S/C19H23F3N4S/c1-13-10-14(2)24-17(11-13)25-18(27)23-8-9-26(3)12-15-4-6-16(7-5-15)19(20,21)22/h4-7,10-11H,8-9,12H2,1-3H3,(H2,23,24,25,27). The van der Waals surface area contributed by atoms with Crippen LogP contribution in [-0.2, 0) is 12.7 Å². The van der Waals surface area contributed by atoms with Crippen LogP contribution in [-0.4, -0.2) is 35.1 Å². The van der Waals surface area contributed by atoms with Crippen LogP contribution in [0.5, 0.6) is 0 Å². The van der Waals surface area contributed by atoms with Gasteiger partial charge in [0.05, 0.1) is 5.56 Å². The van der Waals surface area contributed by atoms with E-state index in [1.165, 1.54) is 12.1 Å². The summed E-state index contributed by atoms with van der Waals surface area (Å²) in [4.78, 5) is 6.38. The van der Waals surface area contributed by atoms with E-state index in [4.69, 9.17) is 12.2 Å². The van der Waals surface area contributed by atoms with Gasteiger partial charge in [-0.05, 0) is 68.5 Å². The zero-order valence-electron chi connectivity index (χ0n) is 15.5. The Kier molecular flexibility index (Phi) is 7.15. The summed E-state index contributed by atoms with van der Waals surface area (Å²) in [5.74, 6) is 0.697. The summed E-state index contributed by atoms with van der Waals surface area (Å²) in [5, 5.41) is 6.64. The number of rotatable bonds is 6. The first-order valence-electron chi connectivity index (χ1n) is 8.48. The summed E-state index contributed by atoms with van der Waals surface area (Å²) in [6.45, 7) is 5.76. The normalized spacial score (nSPS) is 11.5. The van der Waals surface area contributed by atoms with Crippen molar-refractivity contribution in [2.75, 3.05) is 25.5 Å². The van der Waals surface area contributed by atoms with Gasteiger partial charge in [0.15, 0.2) is 5.11 Å². The number of alkyl halides is 3. The number of aromatic nitrogens is 1. The molecule has 0 aliphatic carbocycles. The zero-order valence-corrected chi connectivity index (χ0v) is 16.3. The molecule has 0 amide bonds. The number of thiocarbonyl (C=S) groups is 1. The van der Waals surface area contributed by atoms with Gasteiger partial charge in [-0.25, -0.2) is 4.98 Å². The molecule has 0 aliphatic heterocycles. The molecule has 4 nitrogen and oxygen atoms in total. The third kappa shape index (κ3) is 7.15. The van der Waals surface area contributed by atoms with Crippen LogP contribution in [0.25, 0.3) is 0 Å². The topological polar surface area (TPSA) is 40.2 Å². The van der Waals surface area contributed by atoms with Gasteiger partial charge < -0.3 is 15.5 Å². The van der Waals surface area contributed by atoms with Gasteiger partial charge >= 0.3 is 6.18 Å². The van der Waals surface area contributed by atoms with Gasteiger partial charge in [0.2, 0.25) is 0 Å². The Balaban J connectivity index is 1.75. The number of nitrogens with zero attached hydrogens (tertiary/aromatic N) is 2. The third-order valence-electron chi connectivity index (χ3n) is 3.85. The largest absolute Gasteiger partial charge is 0.416 e. The molecule has 1 aromatic carbocycles. The predicted octanol–water partition coefficient (Wildman–Crippen LogP) is 4.14. The van der Waals surface area contributed by atoms with Crippen molar-refractivity contribution in [2.24, 2.45) is 0 Å². The van der Waals surface area contributed by atoms with E-state index in [9.17, 15) is 13.2 Å². The molecule has 8 heteroatoms. The van der Waals surface area contributed by atoms with Crippen molar-refractivity contribution in [2.45, 2.75) is 26.6 Å². The van der Waals surface area contributed by atoms with E-state index >= 15 is 0 Å². The molecular formula is C19H23F3N4S. The minimum atomic E-state index is -4.30. The molecule has 0 bridgehead atoms. The lowest BCUT2D eigenvalue weighted by atomic mass is 10.1. The maximum atomic E-state index is 12.6. The number of halogens is 3. The number of aryl methyl sites for hydroxylation is 2. The van der Waals surface area contributed by atoms with E-state index in [0.29, 0.717) is 30.6 Å². The number of anilines is 1. The van der Waals surface area contributed by atoms with Gasteiger partial charge in [0.1, 0.15) is 5.82 Å². The number of hydrogen-bond donors (Lipinski definition) is 2. The van der Waals surface area contributed by atoms with Crippen LogP contribution in [0, 0.1) is 13.8 Å². The van der Waals surface area contributed by atoms with Crippen molar-refractivity contribution < 1.29 is 13.2 Å². The van der Waals surface area contributed by atoms with Crippen LogP contribution >= 0.6 is 12.2 Å². The Morgan fingerprint density at radius 3 is 2.41 bits per heavy atom. The van der Waals surface area contributed by atoms with Crippen LogP contribution in [0.2, 0.25) is 0 Å². The van der Waals surface area contributed by atoms with E-state index in [1.54, 1.807) is 0 Å². The van der Waals surface area contributed by atoms with Gasteiger partial charge in [-0.2, -0.15) is 13.2 Å². The van der Waals surface area contributed by atoms with E-state index < -0.39 is 11.7 Å². The number of hydrogen-bond acceptors (Lipinski definition) is 3. The molecule has 2 aromatic rings. The van der Waals surface area contributed by atoms with E-state index in [0.717, 1.165) is 29.0 Å². The van der Waals surface area contributed by atoms with Crippen LogP contribution in [0.4, 0.5) is 19.0 Å². The first-order valence-corrected chi connectivity index (χ1v) is 8.89. The highest BCUT2D eigenvalue weighted by Gasteiger charge is 2.29. The summed E-state index contributed by atoms with van der Waals surface area (Å²) >= 11 is 5.27. The SMILES string of the molecule is Cc1cc(C)nc(NC(=S)NCCN(C)Cc2ccc(C(F)(F)F)cc2)c1. The number of nitrogens with one attached hydrogen (secondary N) is 2. The molecule has 0 unspecified atom stereocenters. The smallest absolute Gasteiger partial charge is 0.361 e. The molecule has 0 spiro atoms. The first kappa shape index (κ1) is 21.1. The Bertz CT molecular complexity index is 755. The van der Waals surface area contributed by atoms with Gasteiger partial charge in [-0.1, -0.05) is 12.1 Å². The van der Waals surface area contributed by atoms with Crippen LogP contribution < -0.4 is 10.6 Å². The van der Waals surface area contributed by atoms with Crippen molar-refractivity contribution in [3.05, 3.63) is 58.8 Å². The molecule has 2 rings (SSSR count). The molecular weight excluding hydrogens is 373 g/mol. The average molecular weight is 396 g/mol. The molecule has 0 saturated carbocycles. The lowest BCUT2D eigenvalue weighted by molar-refractivity contribution is -0.137. The minimum absolute atomic E-state index is 0.482. The number of benzene rings is 1. The Morgan fingerprint density at radius 1 is 1.15 bits per heavy atom. The molecule has 1 aromatic heterocycles. The highest BCUT2D eigenvalue weighted by molar-refractivity contribution is 7.80. The fourth-order valence-corrected chi connectivity index (χ4v) is 2.82. The minimum Gasteiger partial charge on any atom is -0.361 e. The molecule has 0 saturated heterocycles. The molecule has 0 fully saturated rings. The van der Waals surface area contributed by atoms with Gasteiger partial charge in [-0.3, -0.25) is 0 Å². The zero-order chi connectivity index (χ0) is 20.0. The molecule has 0 aliphatic rings. The van der Waals surface area contributed by atoms with E-state index in [1.807, 2.05) is 37.9 Å². The predicted molar refractivity (Wildman–Crippen MR) is 106 cm³/mol. The molecule has 146 valence electrons. The number of likely N-dealkylation sites (N-methyl/N-ethyl adjacent to an activating group) is 1. The summed E-state index contributed by atoms with van der Waals surface area (Å²) in [6.07, 6.45) is -4.30. The van der Waals surface area contributed by atoms with Gasteiger partial charge in [-0.15, -0.1) is 0 Å². The highest BCUT2D eigenvalue weighted by Crippen LogP contribution is 2.29. The summed E-state index contributed by atoms with van der Waals surface area (Å²) in [7, 11) is 1.90. The lowest BCUT2D eigenvalue weighted by Crippen LogP contribution is -2.35. The van der Waals surface area contributed by atoms with Crippen molar-refractivity contribution in [1.82, 2.24) is 15.2 Å². The fourth-order valence-electron chi connectivity index (χ4n) is 2.62. The Morgan fingerprint density at radius 2 is 1.81 bits per heavy atom. The second-order valence-corrected chi connectivity index (χ2v) is 6.89. The van der Waals surface area contributed by atoms with Gasteiger partial charge in [0, 0.05) is 25.3 Å². The Hall–Kier alpha value is -2.19. The molecule has 0 radical (unpaired) electrons. The second kappa shape index (κ2) is 9.14. The monoisotopic (exact) mass is 396 g/mol.